The number of rotatable bonds is 6. The second kappa shape index (κ2) is 8.81. The number of aliphatic hydroxyl groups excluding tert-OH is 1. The van der Waals surface area contributed by atoms with E-state index in [0.29, 0.717) is 24.7 Å². The molecule has 3 unspecified atom stereocenters. The smallest absolute Gasteiger partial charge is 0.223 e. The molecule has 2 heterocycles. The first-order chi connectivity index (χ1) is 12.1. The summed E-state index contributed by atoms with van der Waals surface area (Å²) in [6.07, 6.45) is 5.26. The first-order valence-corrected chi connectivity index (χ1v) is 9.88. The zero-order chi connectivity index (χ0) is 17.6. The van der Waals surface area contributed by atoms with Crippen LogP contribution in [0.25, 0.3) is 0 Å². The highest BCUT2D eigenvalue weighted by molar-refractivity contribution is 5.77. The van der Waals surface area contributed by atoms with E-state index in [1.165, 1.54) is 12.8 Å². The predicted molar refractivity (Wildman–Crippen MR) is 100 cm³/mol. The third-order valence-corrected chi connectivity index (χ3v) is 6.06. The van der Waals surface area contributed by atoms with Gasteiger partial charge in [-0.1, -0.05) is 37.3 Å². The van der Waals surface area contributed by atoms with Gasteiger partial charge in [0.1, 0.15) is 0 Å². The molecule has 0 aliphatic carbocycles. The number of aliphatic hydroxyl groups is 1. The van der Waals surface area contributed by atoms with E-state index in [1.807, 2.05) is 35.2 Å². The summed E-state index contributed by atoms with van der Waals surface area (Å²) in [5.41, 5.74) is 0.949. The van der Waals surface area contributed by atoms with Crippen molar-refractivity contribution in [1.29, 1.82) is 0 Å². The van der Waals surface area contributed by atoms with Crippen molar-refractivity contribution in [3.63, 3.8) is 0 Å². The van der Waals surface area contributed by atoms with Crippen LogP contribution in [0.1, 0.15) is 57.1 Å². The number of amides is 1. The van der Waals surface area contributed by atoms with Gasteiger partial charge in [0.15, 0.2) is 0 Å². The molecule has 0 radical (unpaired) electrons. The van der Waals surface area contributed by atoms with Crippen LogP contribution in [0.5, 0.6) is 0 Å². The van der Waals surface area contributed by atoms with Gasteiger partial charge < -0.3 is 15.3 Å². The lowest BCUT2D eigenvalue weighted by Crippen LogP contribution is -2.39. The molecule has 138 valence electrons. The molecule has 4 nitrogen and oxygen atoms in total. The van der Waals surface area contributed by atoms with Gasteiger partial charge in [0, 0.05) is 19.0 Å². The molecule has 3 rings (SSSR count). The van der Waals surface area contributed by atoms with Crippen molar-refractivity contribution in [3.05, 3.63) is 35.9 Å². The molecule has 0 bridgehead atoms. The Morgan fingerprint density at radius 2 is 1.96 bits per heavy atom. The van der Waals surface area contributed by atoms with Gasteiger partial charge in [-0.3, -0.25) is 4.79 Å². The number of hydrogen-bond acceptors (Lipinski definition) is 3. The van der Waals surface area contributed by atoms with Crippen LogP contribution in [0.2, 0.25) is 0 Å². The van der Waals surface area contributed by atoms with E-state index in [-0.39, 0.29) is 11.9 Å². The first kappa shape index (κ1) is 18.4. The van der Waals surface area contributed by atoms with Crippen molar-refractivity contribution in [1.82, 2.24) is 10.2 Å². The Hall–Kier alpha value is -1.39. The van der Waals surface area contributed by atoms with Gasteiger partial charge in [-0.25, -0.2) is 0 Å². The van der Waals surface area contributed by atoms with E-state index in [4.69, 9.17) is 0 Å². The zero-order valence-electron chi connectivity index (χ0n) is 15.4. The van der Waals surface area contributed by atoms with Gasteiger partial charge in [-0.2, -0.15) is 0 Å². The van der Waals surface area contributed by atoms with Crippen LogP contribution in [0.4, 0.5) is 0 Å². The van der Waals surface area contributed by atoms with Crippen LogP contribution in [-0.2, 0) is 4.79 Å². The second-order valence-electron chi connectivity index (χ2n) is 7.81. The maximum absolute atomic E-state index is 12.9. The molecule has 2 aliphatic rings. The minimum atomic E-state index is -0.485. The molecule has 2 fully saturated rings. The lowest BCUT2D eigenvalue weighted by molar-refractivity contribution is -0.133. The minimum absolute atomic E-state index is 0.183. The molecule has 1 amide bonds. The summed E-state index contributed by atoms with van der Waals surface area (Å²) in [6.45, 7) is 5.25. The van der Waals surface area contributed by atoms with E-state index in [2.05, 4.69) is 12.2 Å². The predicted octanol–water partition coefficient (Wildman–Crippen LogP) is 3.13. The van der Waals surface area contributed by atoms with Crippen LogP contribution in [0, 0.1) is 11.8 Å². The van der Waals surface area contributed by atoms with Crippen LogP contribution >= 0.6 is 0 Å². The normalized spacial score (nSPS) is 24.2. The third-order valence-electron chi connectivity index (χ3n) is 6.06. The summed E-state index contributed by atoms with van der Waals surface area (Å²) in [5.74, 6) is 1.41. The Labute approximate surface area is 151 Å². The van der Waals surface area contributed by atoms with Crippen molar-refractivity contribution >= 4 is 5.91 Å². The SMILES string of the molecule is CC(CC(=O)N1CCCC1CC(O)c1ccccc1)C1CCNCC1. The lowest BCUT2D eigenvalue weighted by atomic mass is 9.84. The molecule has 25 heavy (non-hydrogen) atoms. The van der Waals surface area contributed by atoms with Crippen LogP contribution in [0.3, 0.4) is 0 Å². The summed E-state index contributed by atoms with van der Waals surface area (Å²) in [4.78, 5) is 14.9. The quantitative estimate of drug-likeness (QED) is 0.834. The molecule has 1 aromatic rings. The van der Waals surface area contributed by atoms with Crippen molar-refractivity contribution in [2.24, 2.45) is 11.8 Å². The average Bonchev–Trinajstić information content (AvgIpc) is 3.11. The molecule has 3 atom stereocenters. The van der Waals surface area contributed by atoms with Gasteiger partial charge >= 0.3 is 0 Å². The number of likely N-dealkylation sites (tertiary alicyclic amines) is 1. The van der Waals surface area contributed by atoms with Crippen LogP contribution in [-0.4, -0.2) is 41.6 Å². The fourth-order valence-corrected chi connectivity index (χ4v) is 4.45. The molecule has 0 saturated carbocycles. The Morgan fingerprint density at radius 1 is 1.24 bits per heavy atom. The molecule has 1 aromatic carbocycles. The highest BCUT2D eigenvalue weighted by atomic mass is 16.3. The van der Waals surface area contributed by atoms with Gasteiger partial charge in [-0.05, 0) is 62.6 Å². The zero-order valence-corrected chi connectivity index (χ0v) is 15.4. The molecule has 4 heteroatoms. The van der Waals surface area contributed by atoms with Gasteiger partial charge in [0.05, 0.1) is 6.10 Å². The van der Waals surface area contributed by atoms with E-state index >= 15 is 0 Å². The van der Waals surface area contributed by atoms with Gasteiger partial charge in [-0.15, -0.1) is 0 Å². The molecule has 0 aromatic heterocycles. The summed E-state index contributed by atoms with van der Waals surface area (Å²) >= 11 is 0. The number of piperidine rings is 1. The number of nitrogens with one attached hydrogen (secondary N) is 1. The van der Waals surface area contributed by atoms with E-state index in [1.54, 1.807) is 0 Å². The Morgan fingerprint density at radius 3 is 2.68 bits per heavy atom. The lowest BCUT2D eigenvalue weighted by Gasteiger charge is -2.31. The van der Waals surface area contributed by atoms with Gasteiger partial charge in [0.2, 0.25) is 5.91 Å². The number of hydrogen-bond donors (Lipinski definition) is 2. The summed E-state index contributed by atoms with van der Waals surface area (Å²) in [6, 6.07) is 9.98. The molecule has 2 saturated heterocycles. The summed E-state index contributed by atoms with van der Waals surface area (Å²) in [5, 5.41) is 13.9. The van der Waals surface area contributed by atoms with E-state index in [9.17, 15) is 9.90 Å². The maximum atomic E-state index is 12.9. The van der Waals surface area contributed by atoms with Gasteiger partial charge in [0.25, 0.3) is 0 Å². The van der Waals surface area contributed by atoms with Crippen LogP contribution < -0.4 is 5.32 Å². The summed E-state index contributed by atoms with van der Waals surface area (Å²) in [7, 11) is 0. The van der Waals surface area contributed by atoms with Crippen molar-refractivity contribution < 1.29 is 9.90 Å². The third kappa shape index (κ3) is 4.83. The van der Waals surface area contributed by atoms with Crippen molar-refractivity contribution in [2.75, 3.05) is 19.6 Å². The number of benzene rings is 1. The number of nitrogens with zero attached hydrogens (tertiary/aromatic N) is 1. The Balaban J connectivity index is 1.54. The second-order valence-corrected chi connectivity index (χ2v) is 7.81. The Bertz CT molecular complexity index is 542. The van der Waals surface area contributed by atoms with Crippen molar-refractivity contribution in [3.8, 4) is 0 Å². The topological polar surface area (TPSA) is 52.6 Å². The molecular weight excluding hydrogens is 312 g/mol. The molecular formula is C21H32N2O2. The number of carbonyl (C=O) groups is 1. The first-order valence-electron chi connectivity index (χ1n) is 9.88. The highest BCUT2D eigenvalue weighted by Crippen LogP contribution is 2.30. The standard InChI is InChI=1S/C21H32N2O2/c1-16(17-9-11-22-12-10-17)14-21(25)23-13-5-8-19(23)15-20(24)18-6-3-2-4-7-18/h2-4,6-7,16-17,19-20,22,24H,5,8-15H2,1H3. The maximum Gasteiger partial charge on any atom is 0.223 e. The van der Waals surface area contributed by atoms with E-state index < -0.39 is 6.10 Å². The Kier molecular flexibility index (Phi) is 6.49. The molecule has 2 N–H and O–H groups in total. The minimum Gasteiger partial charge on any atom is -0.388 e. The van der Waals surface area contributed by atoms with Crippen molar-refractivity contribution in [2.45, 2.75) is 57.6 Å². The average molecular weight is 344 g/mol. The number of carbonyl (C=O) groups excluding carboxylic acids is 1. The van der Waals surface area contributed by atoms with E-state index in [0.717, 1.165) is 38.0 Å². The molecule has 0 spiro atoms. The molecule has 2 aliphatic heterocycles. The van der Waals surface area contributed by atoms with Crippen LogP contribution in [0.15, 0.2) is 30.3 Å². The fraction of sp³-hybridized carbons (Fsp3) is 0.667. The monoisotopic (exact) mass is 344 g/mol. The summed E-state index contributed by atoms with van der Waals surface area (Å²) < 4.78 is 0. The highest BCUT2D eigenvalue weighted by Gasteiger charge is 2.32. The largest absolute Gasteiger partial charge is 0.388 e. The fourth-order valence-electron chi connectivity index (χ4n) is 4.45.